The van der Waals surface area contributed by atoms with Gasteiger partial charge in [-0.1, -0.05) is 12.1 Å². The fourth-order valence-electron chi connectivity index (χ4n) is 1.91. The van der Waals surface area contributed by atoms with Gasteiger partial charge in [0, 0.05) is 25.7 Å². The number of halogens is 1. The van der Waals surface area contributed by atoms with Crippen molar-refractivity contribution in [1.29, 1.82) is 0 Å². The van der Waals surface area contributed by atoms with Crippen LogP contribution in [0.2, 0.25) is 0 Å². The molecular formula is C12H17FN2. The van der Waals surface area contributed by atoms with E-state index in [2.05, 4.69) is 10.6 Å². The number of benzene rings is 1. The highest BCUT2D eigenvalue weighted by Gasteiger charge is 2.12. The minimum atomic E-state index is -0.101. The lowest BCUT2D eigenvalue weighted by Gasteiger charge is -2.24. The van der Waals surface area contributed by atoms with Crippen LogP contribution >= 0.6 is 0 Å². The quantitative estimate of drug-likeness (QED) is 0.764. The monoisotopic (exact) mass is 208 g/mol. The van der Waals surface area contributed by atoms with E-state index in [1.165, 1.54) is 0 Å². The summed E-state index contributed by atoms with van der Waals surface area (Å²) in [4.78, 5) is 0. The summed E-state index contributed by atoms with van der Waals surface area (Å²) in [6.45, 7) is 4.78. The zero-order valence-corrected chi connectivity index (χ0v) is 9.02. The van der Waals surface area contributed by atoms with E-state index in [9.17, 15) is 4.39 Å². The van der Waals surface area contributed by atoms with Crippen LogP contribution in [0, 0.1) is 12.7 Å². The molecule has 2 rings (SSSR count). The lowest BCUT2D eigenvalue weighted by atomic mass is 10.0. The summed E-state index contributed by atoms with van der Waals surface area (Å²) in [5.74, 6) is -0.101. The maximum absolute atomic E-state index is 13.3. The van der Waals surface area contributed by atoms with Crippen LogP contribution in [-0.4, -0.2) is 25.7 Å². The smallest absolute Gasteiger partial charge is 0.126 e. The first-order valence-corrected chi connectivity index (χ1v) is 5.45. The Morgan fingerprint density at radius 1 is 1.40 bits per heavy atom. The standard InChI is InChI=1S/C12H17FN2/c1-9-2-3-10(7-12(9)13)6-11-8-14-4-5-15-11/h2-3,7,11,14-15H,4-6,8H2,1H3. The Balaban J connectivity index is 2.00. The maximum Gasteiger partial charge on any atom is 0.126 e. The average Bonchev–Trinajstić information content (AvgIpc) is 2.25. The lowest BCUT2D eigenvalue weighted by molar-refractivity contribution is 0.416. The van der Waals surface area contributed by atoms with E-state index in [1.54, 1.807) is 13.0 Å². The van der Waals surface area contributed by atoms with Gasteiger partial charge >= 0.3 is 0 Å². The van der Waals surface area contributed by atoms with Crippen molar-refractivity contribution in [2.45, 2.75) is 19.4 Å². The predicted molar refractivity (Wildman–Crippen MR) is 59.5 cm³/mol. The van der Waals surface area contributed by atoms with Crippen molar-refractivity contribution in [3.05, 3.63) is 35.1 Å². The second-order valence-electron chi connectivity index (χ2n) is 4.14. The first-order chi connectivity index (χ1) is 7.25. The molecule has 0 spiro atoms. The third kappa shape index (κ3) is 2.76. The molecule has 0 saturated carbocycles. The predicted octanol–water partition coefficient (Wildman–Crippen LogP) is 1.24. The summed E-state index contributed by atoms with van der Waals surface area (Å²) in [6.07, 6.45) is 0.893. The highest BCUT2D eigenvalue weighted by molar-refractivity contribution is 5.24. The summed E-state index contributed by atoms with van der Waals surface area (Å²) in [5.41, 5.74) is 1.78. The zero-order chi connectivity index (χ0) is 10.7. The normalized spacial score (nSPS) is 21.6. The van der Waals surface area contributed by atoms with Gasteiger partial charge in [0.15, 0.2) is 0 Å². The van der Waals surface area contributed by atoms with Gasteiger partial charge in [0.25, 0.3) is 0 Å². The van der Waals surface area contributed by atoms with Gasteiger partial charge in [-0.25, -0.2) is 4.39 Å². The van der Waals surface area contributed by atoms with Crippen molar-refractivity contribution in [1.82, 2.24) is 10.6 Å². The van der Waals surface area contributed by atoms with E-state index in [4.69, 9.17) is 0 Å². The highest BCUT2D eigenvalue weighted by Crippen LogP contribution is 2.11. The number of nitrogens with one attached hydrogen (secondary N) is 2. The highest BCUT2D eigenvalue weighted by atomic mass is 19.1. The molecule has 0 aliphatic carbocycles. The lowest BCUT2D eigenvalue weighted by Crippen LogP contribution is -2.49. The molecule has 1 saturated heterocycles. The van der Waals surface area contributed by atoms with E-state index in [-0.39, 0.29) is 5.82 Å². The van der Waals surface area contributed by atoms with Gasteiger partial charge in [0.1, 0.15) is 5.82 Å². The Kier molecular flexibility index (Phi) is 3.34. The fraction of sp³-hybridized carbons (Fsp3) is 0.500. The Morgan fingerprint density at radius 2 is 2.27 bits per heavy atom. The van der Waals surface area contributed by atoms with Crippen molar-refractivity contribution in [3.63, 3.8) is 0 Å². The molecular weight excluding hydrogens is 191 g/mol. The number of piperazine rings is 1. The third-order valence-corrected chi connectivity index (χ3v) is 2.84. The number of hydrogen-bond donors (Lipinski definition) is 2. The fourth-order valence-corrected chi connectivity index (χ4v) is 1.91. The van der Waals surface area contributed by atoms with Gasteiger partial charge in [0.05, 0.1) is 0 Å². The minimum absolute atomic E-state index is 0.101. The Bertz CT molecular complexity index is 332. The largest absolute Gasteiger partial charge is 0.314 e. The Labute approximate surface area is 89.9 Å². The van der Waals surface area contributed by atoms with Gasteiger partial charge in [-0.2, -0.15) is 0 Å². The number of aryl methyl sites for hydroxylation is 1. The number of rotatable bonds is 2. The minimum Gasteiger partial charge on any atom is -0.314 e. The van der Waals surface area contributed by atoms with Crippen LogP contribution in [0.1, 0.15) is 11.1 Å². The maximum atomic E-state index is 13.3. The van der Waals surface area contributed by atoms with Crippen molar-refractivity contribution >= 4 is 0 Å². The first-order valence-electron chi connectivity index (χ1n) is 5.45. The summed E-state index contributed by atoms with van der Waals surface area (Å²) in [5, 5.41) is 6.74. The number of hydrogen-bond acceptors (Lipinski definition) is 2. The summed E-state index contributed by atoms with van der Waals surface area (Å²) < 4.78 is 13.3. The van der Waals surface area contributed by atoms with Crippen LogP contribution in [0.15, 0.2) is 18.2 Å². The second kappa shape index (κ2) is 4.73. The van der Waals surface area contributed by atoms with Gasteiger partial charge in [-0.15, -0.1) is 0 Å². The molecule has 1 unspecified atom stereocenters. The van der Waals surface area contributed by atoms with Crippen LogP contribution in [0.25, 0.3) is 0 Å². The Morgan fingerprint density at radius 3 is 2.93 bits per heavy atom. The van der Waals surface area contributed by atoms with Gasteiger partial charge in [0.2, 0.25) is 0 Å². The van der Waals surface area contributed by atoms with Crippen LogP contribution in [0.5, 0.6) is 0 Å². The molecule has 1 aliphatic heterocycles. The molecule has 1 fully saturated rings. The second-order valence-corrected chi connectivity index (χ2v) is 4.14. The summed E-state index contributed by atoms with van der Waals surface area (Å²) in [6, 6.07) is 5.93. The molecule has 0 aromatic heterocycles. The molecule has 1 heterocycles. The van der Waals surface area contributed by atoms with Crippen molar-refractivity contribution in [3.8, 4) is 0 Å². The van der Waals surface area contributed by atoms with Crippen LogP contribution < -0.4 is 10.6 Å². The molecule has 1 atom stereocenters. The SMILES string of the molecule is Cc1ccc(CC2CNCCN2)cc1F. The molecule has 0 radical (unpaired) electrons. The van der Waals surface area contributed by atoms with E-state index in [1.807, 2.05) is 12.1 Å². The van der Waals surface area contributed by atoms with Gasteiger partial charge in [-0.3, -0.25) is 0 Å². The summed E-state index contributed by atoms with van der Waals surface area (Å²) >= 11 is 0. The first kappa shape index (κ1) is 10.6. The van der Waals surface area contributed by atoms with Crippen molar-refractivity contribution in [2.24, 2.45) is 0 Å². The van der Waals surface area contributed by atoms with E-state index >= 15 is 0 Å². The van der Waals surface area contributed by atoms with Crippen LogP contribution in [0.4, 0.5) is 4.39 Å². The van der Waals surface area contributed by atoms with Gasteiger partial charge in [-0.05, 0) is 30.5 Å². The third-order valence-electron chi connectivity index (χ3n) is 2.84. The molecule has 2 N–H and O–H groups in total. The molecule has 15 heavy (non-hydrogen) atoms. The van der Waals surface area contributed by atoms with E-state index < -0.39 is 0 Å². The molecule has 3 heteroatoms. The van der Waals surface area contributed by atoms with E-state index in [0.29, 0.717) is 11.6 Å². The van der Waals surface area contributed by atoms with Gasteiger partial charge < -0.3 is 10.6 Å². The van der Waals surface area contributed by atoms with E-state index in [0.717, 1.165) is 31.6 Å². The topological polar surface area (TPSA) is 24.1 Å². The van der Waals surface area contributed by atoms with Crippen LogP contribution in [0.3, 0.4) is 0 Å². The van der Waals surface area contributed by atoms with Crippen molar-refractivity contribution < 1.29 is 4.39 Å². The average molecular weight is 208 g/mol. The molecule has 1 aromatic rings. The zero-order valence-electron chi connectivity index (χ0n) is 9.02. The van der Waals surface area contributed by atoms with Crippen molar-refractivity contribution in [2.75, 3.05) is 19.6 Å². The molecule has 82 valence electrons. The molecule has 0 amide bonds. The Hall–Kier alpha value is -0.930. The molecule has 0 bridgehead atoms. The van der Waals surface area contributed by atoms with Crippen LogP contribution in [-0.2, 0) is 6.42 Å². The molecule has 1 aliphatic rings. The molecule has 2 nitrogen and oxygen atoms in total. The molecule has 1 aromatic carbocycles. The summed E-state index contributed by atoms with van der Waals surface area (Å²) in [7, 11) is 0.